The minimum absolute atomic E-state index is 0.310. The van der Waals surface area contributed by atoms with Gasteiger partial charge < -0.3 is 9.84 Å². The van der Waals surface area contributed by atoms with Crippen molar-refractivity contribution in [2.45, 2.75) is 19.0 Å². The Labute approximate surface area is 112 Å². The van der Waals surface area contributed by atoms with Crippen LogP contribution in [0.2, 0.25) is 0 Å². The van der Waals surface area contributed by atoms with E-state index in [-0.39, 0.29) is 6.61 Å². The number of benzene rings is 1. The molecule has 0 unspecified atom stereocenters. The van der Waals surface area contributed by atoms with Gasteiger partial charge in [0.05, 0.1) is 0 Å². The molecule has 19 heavy (non-hydrogen) atoms. The van der Waals surface area contributed by atoms with E-state index in [2.05, 4.69) is 10.3 Å². The van der Waals surface area contributed by atoms with Gasteiger partial charge in [-0.3, -0.25) is 16.2 Å². The number of hydrogen-bond acceptors (Lipinski definition) is 5. The number of carboxylic acids is 1. The molecule has 0 aliphatic carbocycles. The highest BCUT2D eigenvalue weighted by atomic mass is 16.5. The van der Waals surface area contributed by atoms with Crippen LogP contribution in [0.3, 0.4) is 0 Å². The van der Waals surface area contributed by atoms with Crippen molar-refractivity contribution in [2.75, 3.05) is 19.7 Å². The maximum absolute atomic E-state index is 10.4. The first-order chi connectivity index (χ1) is 9.17. The number of likely N-dealkylation sites (tertiary alicyclic amines) is 1. The van der Waals surface area contributed by atoms with E-state index in [1.807, 2.05) is 12.1 Å². The molecule has 6 nitrogen and oxygen atoms in total. The number of hydrogen-bond donors (Lipinski definition) is 3. The molecule has 1 atom stereocenters. The van der Waals surface area contributed by atoms with Crippen LogP contribution in [0.15, 0.2) is 24.3 Å². The molecule has 0 saturated carbocycles. The van der Waals surface area contributed by atoms with Gasteiger partial charge in [0.1, 0.15) is 5.75 Å². The Morgan fingerprint density at radius 3 is 2.79 bits per heavy atom. The van der Waals surface area contributed by atoms with Crippen molar-refractivity contribution in [2.24, 2.45) is 5.84 Å². The molecular formula is C13H19N3O3. The van der Waals surface area contributed by atoms with Crippen molar-refractivity contribution in [1.29, 1.82) is 0 Å². The first-order valence-corrected chi connectivity index (χ1v) is 6.29. The zero-order valence-electron chi connectivity index (χ0n) is 10.7. The topological polar surface area (TPSA) is 87.8 Å². The minimum atomic E-state index is -0.971. The smallest absolute Gasteiger partial charge is 0.341 e. The van der Waals surface area contributed by atoms with Crippen LogP contribution in [0.25, 0.3) is 0 Å². The van der Waals surface area contributed by atoms with Gasteiger partial charge in [-0.25, -0.2) is 4.79 Å². The SMILES string of the molecule is NN[C@H]1CCN(Cc2ccc(OCC(=O)O)cc2)C1. The molecule has 4 N–H and O–H groups in total. The fraction of sp³-hybridized carbons (Fsp3) is 0.462. The van der Waals surface area contributed by atoms with Gasteiger partial charge >= 0.3 is 5.97 Å². The fourth-order valence-corrected chi connectivity index (χ4v) is 2.21. The summed E-state index contributed by atoms with van der Waals surface area (Å²) in [6, 6.07) is 7.89. The molecule has 1 aliphatic rings. The summed E-state index contributed by atoms with van der Waals surface area (Å²) < 4.78 is 5.09. The van der Waals surface area contributed by atoms with Crippen LogP contribution >= 0.6 is 0 Å². The monoisotopic (exact) mass is 265 g/mol. The quantitative estimate of drug-likeness (QED) is 0.502. The molecule has 0 amide bonds. The van der Waals surface area contributed by atoms with Crippen LogP contribution in [-0.4, -0.2) is 41.7 Å². The van der Waals surface area contributed by atoms with E-state index >= 15 is 0 Å². The van der Waals surface area contributed by atoms with Crippen molar-refractivity contribution in [3.05, 3.63) is 29.8 Å². The van der Waals surface area contributed by atoms with Crippen molar-refractivity contribution in [3.63, 3.8) is 0 Å². The predicted octanol–water partition coefficient (Wildman–Crippen LogP) is 0.188. The summed E-state index contributed by atoms with van der Waals surface area (Å²) in [6.07, 6.45) is 1.07. The number of aliphatic carboxylic acids is 1. The third-order valence-corrected chi connectivity index (χ3v) is 3.20. The Bertz CT molecular complexity index is 422. The highest BCUT2D eigenvalue weighted by molar-refractivity contribution is 5.68. The summed E-state index contributed by atoms with van der Waals surface area (Å²) in [7, 11) is 0. The lowest BCUT2D eigenvalue weighted by molar-refractivity contribution is -0.139. The van der Waals surface area contributed by atoms with Crippen LogP contribution < -0.4 is 16.0 Å². The Hall–Kier alpha value is -1.63. The highest BCUT2D eigenvalue weighted by Crippen LogP contribution is 2.16. The van der Waals surface area contributed by atoms with Crippen LogP contribution in [0.1, 0.15) is 12.0 Å². The van der Waals surface area contributed by atoms with E-state index in [0.29, 0.717) is 11.8 Å². The van der Waals surface area contributed by atoms with E-state index in [9.17, 15) is 4.79 Å². The Kier molecular flexibility index (Phi) is 4.73. The third kappa shape index (κ3) is 4.20. The van der Waals surface area contributed by atoms with Gasteiger partial charge in [-0.2, -0.15) is 0 Å². The average molecular weight is 265 g/mol. The molecule has 0 aromatic heterocycles. The predicted molar refractivity (Wildman–Crippen MR) is 70.6 cm³/mol. The Morgan fingerprint density at radius 1 is 1.47 bits per heavy atom. The molecule has 0 radical (unpaired) electrons. The summed E-state index contributed by atoms with van der Waals surface area (Å²) in [5.41, 5.74) is 3.98. The van der Waals surface area contributed by atoms with Crippen LogP contribution in [0.5, 0.6) is 5.75 Å². The maximum Gasteiger partial charge on any atom is 0.341 e. The molecule has 1 aliphatic heterocycles. The number of hydrazine groups is 1. The number of nitrogens with one attached hydrogen (secondary N) is 1. The summed E-state index contributed by atoms with van der Waals surface area (Å²) in [5, 5.41) is 8.52. The largest absolute Gasteiger partial charge is 0.482 e. The lowest BCUT2D eigenvalue weighted by atomic mass is 10.2. The summed E-state index contributed by atoms with van der Waals surface area (Å²) in [5.74, 6) is 5.03. The van der Waals surface area contributed by atoms with E-state index < -0.39 is 5.97 Å². The van der Waals surface area contributed by atoms with Gasteiger partial charge in [-0.1, -0.05) is 12.1 Å². The molecule has 1 aromatic rings. The number of carbonyl (C=O) groups is 1. The second-order valence-electron chi connectivity index (χ2n) is 4.71. The molecule has 1 aromatic carbocycles. The van der Waals surface area contributed by atoms with E-state index in [1.165, 1.54) is 5.56 Å². The molecule has 1 fully saturated rings. The van der Waals surface area contributed by atoms with Gasteiger partial charge in [0, 0.05) is 25.7 Å². The molecule has 1 heterocycles. The fourth-order valence-electron chi connectivity index (χ4n) is 2.21. The van der Waals surface area contributed by atoms with Crippen molar-refractivity contribution >= 4 is 5.97 Å². The zero-order chi connectivity index (χ0) is 13.7. The number of nitrogens with zero attached hydrogens (tertiary/aromatic N) is 1. The second kappa shape index (κ2) is 6.51. The summed E-state index contributed by atoms with van der Waals surface area (Å²) in [6.45, 7) is 2.55. The standard InChI is InChI=1S/C13H19N3O3/c14-15-11-5-6-16(8-11)7-10-1-3-12(4-2-10)19-9-13(17)18/h1-4,11,15H,5-9,14H2,(H,17,18)/t11-/m0/s1. The number of nitrogens with two attached hydrogens (primary N) is 1. The van der Waals surface area contributed by atoms with Crippen LogP contribution in [0, 0.1) is 0 Å². The lowest BCUT2D eigenvalue weighted by Gasteiger charge is -2.16. The summed E-state index contributed by atoms with van der Waals surface area (Å²) >= 11 is 0. The molecule has 104 valence electrons. The second-order valence-corrected chi connectivity index (χ2v) is 4.71. The van der Waals surface area contributed by atoms with Crippen LogP contribution in [-0.2, 0) is 11.3 Å². The van der Waals surface area contributed by atoms with Gasteiger partial charge in [0.2, 0.25) is 0 Å². The lowest BCUT2D eigenvalue weighted by Crippen LogP contribution is -2.37. The van der Waals surface area contributed by atoms with Gasteiger partial charge in [-0.15, -0.1) is 0 Å². The number of rotatable bonds is 6. The maximum atomic E-state index is 10.4. The van der Waals surface area contributed by atoms with Gasteiger partial charge in [-0.05, 0) is 24.1 Å². The van der Waals surface area contributed by atoms with E-state index in [0.717, 1.165) is 26.1 Å². The zero-order valence-corrected chi connectivity index (χ0v) is 10.7. The first kappa shape index (κ1) is 13.8. The summed E-state index contributed by atoms with van der Waals surface area (Å²) in [4.78, 5) is 12.7. The molecule has 2 rings (SSSR count). The third-order valence-electron chi connectivity index (χ3n) is 3.20. The normalized spacial score (nSPS) is 19.5. The van der Waals surface area contributed by atoms with E-state index in [4.69, 9.17) is 15.7 Å². The highest BCUT2D eigenvalue weighted by Gasteiger charge is 2.20. The molecule has 6 heteroatoms. The molecule has 0 spiro atoms. The van der Waals surface area contributed by atoms with Crippen molar-refractivity contribution in [3.8, 4) is 5.75 Å². The first-order valence-electron chi connectivity index (χ1n) is 6.29. The number of ether oxygens (including phenoxy) is 1. The van der Waals surface area contributed by atoms with Crippen LogP contribution in [0.4, 0.5) is 0 Å². The van der Waals surface area contributed by atoms with E-state index in [1.54, 1.807) is 12.1 Å². The minimum Gasteiger partial charge on any atom is -0.482 e. The molecule has 1 saturated heterocycles. The Balaban J connectivity index is 1.83. The molecule has 0 bridgehead atoms. The van der Waals surface area contributed by atoms with Crippen molar-refractivity contribution in [1.82, 2.24) is 10.3 Å². The van der Waals surface area contributed by atoms with Gasteiger partial charge in [0.15, 0.2) is 6.61 Å². The Morgan fingerprint density at radius 2 is 2.21 bits per heavy atom. The van der Waals surface area contributed by atoms with Crippen molar-refractivity contribution < 1.29 is 14.6 Å². The number of carboxylic acid groups (broad SMARTS) is 1. The van der Waals surface area contributed by atoms with Gasteiger partial charge in [0.25, 0.3) is 0 Å². The average Bonchev–Trinajstić information content (AvgIpc) is 2.85. The molecular weight excluding hydrogens is 246 g/mol.